The fourth-order valence-corrected chi connectivity index (χ4v) is 3.60. The topological polar surface area (TPSA) is 0 Å². The summed E-state index contributed by atoms with van der Waals surface area (Å²) >= 11 is 12.4. The van der Waals surface area contributed by atoms with Crippen LogP contribution in [0.15, 0.2) is 72.8 Å². The van der Waals surface area contributed by atoms with Gasteiger partial charge in [0.1, 0.15) is 0 Å². The van der Waals surface area contributed by atoms with E-state index in [1.54, 1.807) is 0 Å². The second kappa shape index (κ2) is 5.88. The smallest absolute Gasteiger partial charge is 0.0481 e. The highest BCUT2D eigenvalue weighted by atomic mass is 35.5. The van der Waals surface area contributed by atoms with Gasteiger partial charge >= 0.3 is 0 Å². The molecule has 1 aliphatic rings. The van der Waals surface area contributed by atoms with Gasteiger partial charge < -0.3 is 0 Å². The number of hydrogen-bond donors (Lipinski definition) is 0. The molecule has 0 saturated carbocycles. The Morgan fingerprint density at radius 3 is 2.26 bits per heavy atom. The van der Waals surface area contributed by atoms with E-state index in [-0.39, 0.29) is 5.92 Å². The molecule has 0 heterocycles. The minimum atomic E-state index is 0.232. The average Bonchev–Trinajstić information content (AvgIpc) is 3.01. The van der Waals surface area contributed by atoms with Crippen molar-refractivity contribution in [3.8, 4) is 11.1 Å². The zero-order valence-electron chi connectivity index (χ0n) is 12.3. The highest BCUT2D eigenvalue weighted by Crippen LogP contribution is 2.41. The lowest BCUT2D eigenvalue weighted by Gasteiger charge is -2.17. The SMILES string of the molecule is Clc1ccc(-c2ccccc2C2C=Cc3c(Cl)cccc32)cc1. The largest absolute Gasteiger partial charge is 0.0843 e. The molecule has 0 bridgehead atoms. The molecule has 3 aromatic rings. The Kier molecular flexibility index (Phi) is 3.72. The van der Waals surface area contributed by atoms with Crippen LogP contribution < -0.4 is 0 Å². The van der Waals surface area contributed by atoms with Crippen LogP contribution in [0.1, 0.15) is 22.6 Å². The summed E-state index contributed by atoms with van der Waals surface area (Å²) in [6, 6.07) is 22.6. The Morgan fingerprint density at radius 1 is 0.696 bits per heavy atom. The van der Waals surface area contributed by atoms with Gasteiger partial charge in [-0.25, -0.2) is 0 Å². The lowest BCUT2D eigenvalue weighted by molar-refractivity contribution is 1.05. The maximum Gasteiger partial charge on any atom is 0.0481 e. The third kappa shape index (κ3) is 2.59. The molecule has 1 unspecified atom stereocenters. The first-order chi connectivity index (χ1) is 11.2. The first kappa shape index (κ1) is 14.6. The van der Waals surface area contributed by atoms with Crippen molar-refractivity contribution in [3.63, 3.8) is 0 Å². The van der Waals surface area contributed by atoms with Crippen LogP contribution >= 0.6 is 23.2 Å². The van der Waals surface area contributed by atoms with E-state index in [0.717, 1.165) is 15.6 Å². The second-order valence-corrected chi connectivity index (χ2v) is 6.52. The minimum absolute atomic E-state index is 0.232. The van der Waals surface area contributed by atoms with Crippen molar-refractivity contribution in [3.05, 3.63) is 99.5 Å². The Morgan fingerprint density at radius 2 is 1.43 bits per heavy atom. The molecule has 0 fully saturated rings. The molecule has 0 radical (unpaired) electrons. The Bertz CT molecular complexity index is 892. The van der Waals surface area contributed by atoms with E-state index in [9.17, 15) is 0 Å². The van der Waals surface area contributed by atoms with E-state index in [2.05, 4.69) is 54.6 Å². The van der Waals surface area contributed by atoms with Gasteiger partial charge in [0.25, 0.3) is 0 Å². The molecule has 4 rings (SSSR count). The van der Waals surface area contributed by atoms with Crippen LogP contribution in [0.2, 0.25) is 10.0 Å². The minimum Gasteiger partial charge on any atom is -0.0843 e. The van der Waals surface area contributed by atoms with Crippen LogP contribution in [-0.2, 0) is 0 Å². The van der Waals surface area contributed by atoms with E-state index in [4.69, 9.17) is 23.2 Å². The predicted molar refractivity (Wildman–Crippen MR) is 99.2 cm³/mol. The number of hydrogen-bond acceptors (Lipinski definition) is 0. The van der Waals surface area contributed by atoms with Gasteiger partial charge in [0, 0.05) is 16.0 Å². The highest BCUT2D eigenvalue weighted by molar-refractivity contribution is 6.32. The van der Waals surface area contributed by atoms with Crippen molar-refractivity contribution in [2.24, 2.45) is 0 Å². The van der Waals surface area contributed by atoms with Crippen LogP contribution in [0.5, 0.6) is 0 Å². The molecule has 0 spiro atoms. The van der Waals surface area contributed by atoms with Crippen LogP contribution in [-0.4, -0.2) is 0 Å². The van der Waals surface area contributed by atoms with E-state index in [0.29, 0.717) is 0 Å². The van der Waals surface area contributed by atoms with Crippen LogP contribution in [0.3, 0.4) is 0 Å². The van der Waals surface area contributed by atoms with Crippen LogP contribution in [0.4, 0.5) is 0 Å². The summed E-state index contributed by atoms with van der Waals surface area (Å²) in [7, 11) is 0. The third-order valence-corrected chi connectivity index (χ3v) is 4.91. The third-order valence-electron chi connectivity index (χ3n) is 4.33. The lowest BCUT2D eigenvalue weighted by Crippen LogP contribution is -1.98. The van der Waals surface area contributed by atoms with Crippen molar-refractivity contribution < 1.29 is 0 Å². The summed E-state index contributed by atoms with van der Waals surface area (Å²) < 4.78 is 0. The number of rotatable bonds is 2. The quantitative estimate of drug-likeness (QED) is 0.481. The Hall–Kier alpha value is -2.02. The van der Waals surface area contributed by atoms with Crippen molar-refractivity contribution in [1.82, 2.24) is 0 Å². The monoisotopic (exact) mass is 336 g/mol. The van der Waals surface area contributed by atoms with E-state index in [1.165, 1.54) is 22.3 Å². The van der Waals surface area contributed by atoms with Crippen LogP contribution in [0, 0.1) is 0 Å². The molecular formula is C21H14Cl2. The molecule has 0 aromatic heterocycles. The van der Waals surface area contributed by atoms with E-state index in [1.807, 2.05) is 24.3 Å². The van der Waals surface area contributed by atoms with Crippen LogP contribution in [0.25, 0.3) is 17.2 Å². The Balaban J connectivity index is 1.85. The highest BCUT2D eigenvalue weighted by Gasteiger charge is 2.22. The Labute approximate surface area is 146 Å². The number of halogens is 2. The van der Waals surface area contributed by atoms with Gasteiger partial charge in [-0.05, 0) is 46.0 Å². The maximum absolute atomic E-state index is 6.33. The number of benzene rings is 3. The summed E-state index contributed by atoms with van der Waals surface area (Å²) in [6.45, 7) is 0. The van der Waals surface area contributed by atoms with Crippen molar-refractivity contribution >= 4 is 29.3 Å². The fraction of sp³-hybridized carbons (Fsp3) is 0.0476. The molecule has 0 N–H and O–H groups in total. The first-order valence-corrected chi connectivity index (χ1v) is 8.31. The molecule has 0 saturated heterocycles. The molecule has 112 valence electrons. The van der Waals surface area contributed by atoms with Crippen molar-refractivity contribution in [2.45, 2.75) is 5.92 Å². The standard InChI is InChI=1S/C21H14Cl2/c22-15-10-8-14(9-11-15)16-4-1-2-5-17(16)19-12-13-20-18(19)6-3-7-21(20)23/h1-13,19H. The fourth-order valence-electron chi connectivity index (χ4n) is 3.23. The van der Waals surface area contributed by atoms with Gasteiger partial charge in [-0.3, -0.25) is 0 Å². The predicted octanol–water partition coefficient (Wildman–Crippen LogP) is 6.82. The van der Waals surface area contributed by atoms with Gasteiger partial charge in [0.15, 0.2) is 0 Å². The van der Waals surface area contributed by atoms with Gasteiger partial charge in [-0.2, -0.15) is 0 Å². The normalized spacial score (nSPS) is 15.7. The summed E-state index contributed by atoms with van der Waals surface area (Å²) in [4.78, 5) is 0. The molecule has 0 nitrogen and oxygen atoms in total. The molecule has 2 heteroatoms. The van der Waals surface area contributed by atoms with Crippen molar-refractivity contribution in [2.75, 3.05) is 0 Å². The summed E-state index contributed by atoms with van der Waals surface area (Å²) in [5.74, 6) is 0.232. The van der Waals surface area contributed by atoms with Gasteiger partial charge in [-0.15, -0.1) is 0 Å². The first-order valence-electron chi connectivity index (χ1n) is 7.55. The molecule has 1 aliphatic carbocycles. The summed E-state index contributed by atoms with van der Waals surface area (Å²) in [5.41, 5.74) is 6.08. The molecule has 3 aromatic carbocycles. The molecule has 0 aliphatic heterocycles. The molecule has 0 amide bonds. The average molecular weight is 337 g/mol. The van der Waals surface area contributed by atoms with Gasteiger partial charge in [0.2, 0.25) is 0 Å². The molecule has 1 atom stereocenters. The number of fused-ring (bicyclic) bond motifs is 1. The molecular weight excluding hydrogens is 323 g/mol. The summed E-state index contributed by atoms with van der Waals surface area (Å²) in [6.07, 6.45) is 4.35. The number of allylic oxidation sites excluding steroid dienone is 1. The maximum atomic E-state index is 6.33. The zero-order chi connectivity index (χ0) is 15.8. The summed E-state index contributed by atoms with van der Waals surface area (Å²) in [5, 5.41) is 1.56. The molecule has 23 heavy (non-hydrogen) atoms. The van der Waals surface area contributed by atoms with Gasteiger partial charge in [-0.1, -0.05) is 83.9 Å². The second-order valence-electron chi connectivity index (χ2n) is 5.67. The zero-order valence-corrected chi connectivity index (χ0v) is 13.9. The van der Waals surface area contributed by atoms with Crippen molar-refractivity contribution in [1.29, 1.82) is 0 Å². The lowest BCUT2D eigenvalue weighted by atomic mass is 9.87. The van der Waals surface area contributed by atoms with E-state index >= 15 is 0 Å². The van der Waals surface area contributed by atoms with E-state index < -0.39 is 0 Å². The van der Waals surface area contributed by atoms with Gasteiger partial charge in [0.05, 0.1) is 0 Å².